The molecule has 0 radical (unpaired) electrons. The molecule has 0 aromatic carbocycles. The zero-order valence-corrected chi connectivity index (χ0v) is 19.3. The van der Waals surface area contributed by atoms with Crippen molar-refractivity contribution >= 4 is 10.1 Å². The molecule has 44 heavy (non-hydrogen) atoms. The van der Waals surface area contributed by atoms with E-state index in [-0.39, 0.29) is 0 Å². The zero-order valence-electron chi connectivity index (χ0n) is 18.4. The Morgan fingerprint density at radius 1 is 0.477 bits per heavy atom. The van der Waals surface area contributed by atoms with Crippen LogP contribution in [0.5, 0.6) is 0 Å². The molecule has 0 bridgehead atoms. The van der Waals surface area contributed by atoms with Gasteiger partial charge in [0, 0.05) is 0 Å². The number of hydrogen-bond acceptors (Lipinski definition) is 4. The molecule has 1 N–H and O–H groups in total. The lowest BCUT2D eigenvalue weighted by Gasteiger charge is -2.44. The summed E-state index contributed by atoms with van der Waals surface area (Å²) in [7, 11) is -8.22. The molecule has 0 saturated heterocycles. The quantitative estimate of drug-likeness (QED) is 0.119. The van der Waals surface area contributed by atoms with Gasteiger partial charge in [-0.1, -0.05) is 0 Å². The van der Waals surface area contributed by atoms with Crippen LogP contribution in [0.15, 0.2) is 12.1 Å². The van der Waals surface area contributed by atoms with Gasteiger partial charge in [0.15, 0.2) is 0 Å². The average molecular weight is 744 g/mol. The molecule has 0 rings (SSSR count). The maximum Gasteiger partial charge on any atom is 0.471 e. The van der Waals surface area contributed by atoms with Gasteiger partial charge < -0.3 is 4.74 Å². The van der Waals surface area contributed by atoms with Gasteiger partial charge in [0.05, 0.1) is 0 Å². The van der Waals surface area contributed by atoms with Crippen LogP contribution in [0.25, 0.3) is 0 Å². The van der Waals surface area contributed by atoms with Crippen molar-refractivity contribution in [1.82, 2.24) is 0 Å². The van der Waals surface area contributed by atoms with Crippen molar-refractivity contribution in [2.75, 3.05) is 0 Å². The van der Waals surface area contributed by atoms with Crippen molar-refractivity contribution in [2.24, 2.45) is 0 Å². The van der Waals surface area contributed by atoms with E-state index in [0.29, 0.717) is 0 Å². The maximum atomic E-state index is 13.8. The van der Waals surface area contributed by atoms with Gasteiger partial charge in [-0.15, -0.1) is 0 Å². The average Bonchev–Trinajstić information content (AvgIpc) is 2.75. The highest BCUT2D eigenvalue weighted by Crippen LogP contribution is 2.65. The van der Waals surface area contributed by atoms with Gasteiger partial charge in [-0.3, -0.25) is 9.29 Å². The molecule has 0 aliphatic carbocycles. The van der Waals surface area contributed by atoms with Gasteiger partial charge >= 0.3 is 87.2 Å². The summed E-state index contributed by atoms with van der Waals surface area (Å²) < 4.78 is 360. The fraction of sp³-hybridized carbons (Fsp3) is 0.846. The molecule has 0 saturated carbocycles. The number of halogens is 25. The predicted molar refractivity (Wildman–Crippen MR) is 78.5 cm³/mol. The summed E-state index contributed by atoms with van der Waals surface area (Å²) in [6.45, 7) is 0. The summed E-state index contributed by atoms with van der Waals surface area (Å²) in [6, 6.07) is -4.43. The molecule has 264 valence electrons. The molecule has 1 atom stereocenters. The number of ether oxygens (including phenoxy) is 2. The molecule has 0 aliphatic rings. The highest BCUT2D eigenvalue weighted by atomic mass is 32.2. The van der Waals surface area contributed by atoms with Crippen molar-refractivity contribution in [3.63, 3.8) is 0 Å². The second-order valence-corrected chi connectivity index (χ2v) is 8.77. The van der Waals surface area contributed by atoms with Crippen molar-refractivity contribution in [1.29, 1.82) is 0 Å². The third-order valence-electron chi connectivity index (χ3n) is 4.40. The first-order chi connectivity index (χ1) is 18.5. The van der Waals surface area contributed by atoms with E-state index in [2.05, 4.69) is 0 Å². The van der Waals surface area contributed by atoms with Gasteiger partial charge in [-0.05, 0) is 0 Å². The highest BCUT2D eigenvalue weighted by molar-refractivity contribution is 7.87. The van der Waals surface area contributed by atoms with E-state index in [4.69, 9.17) is 4.55 Å². The van der Waals surface area contributed by atoms with Crippen molar-refractivity contribution in [2.45, 2.75) is 65.0 Å². The van der Waals surface area contributed by atoms with Gasteiger partial charge in [-0.25, -0.2) is 0 Å². The number of hydrogen-bond donors (Lipinski definition) is 1. The van der Waals surface area contributed by atoms with E-state index in [1.807, 2.05) is 0 Å². The van der Waals surface area contributed by atoms with Gasteiger partial charge in [0.25, 0.3) is 0 Å². The van der Waals surface area contributed by atoms with Crippen molar-refractivity contribution < 1.29 is 132 Å². The summed E-state index contributed by atoms with van der Waals surface area (Å²) in [5, 5.41) is -8.19. The van der Waals surface area contributed by atoms with Crippen LogP contribution in [0.1, 0.15) is 0 Å². The topological polar surface area (TPSA) is 72.8 Å². The molecule has 0 aliphatic heterocycles. The van der Waals surface area contributed by atoms with E-state index in [1.165, 1.54) is 0 Å². The first-order valence-corrected chi connectivity index (χ1v) is 10.2. The summed E-state index contributed by atoms with van der Waals surface area (Å²) in [6.07, 6.45) is -29.6. The predicted octanol–water partition coefficient (Wildman–Crippen LogP) is 7.76. The fourth-order valence-electron chi connectivity index (χ4n) is 2.06. The van der Waals surface area contributed by atoms with Crippen LogP contribution < -0.4 is 0 Å². The van der Waals surface area contributed by atoms with Crippen LogP contribution in [0.3, 0.4) is 0 Å². The molecule has 0 fully saturated rings. The second kappa shape index (κ2) is 10.6. The summed E-state index contributed by atoms with van der Waals surface area (Å²) in [4.78, 5) is 0. The summed E-state index contributed by atoms with van der Waals surface area (Å²) >= 11 is 0. The third-order valence-corrected chi connectivity index (χ3v) is 5.31. The molecular weight excluding hydrogens is 743 g/mol. The van der Waals surface area contributed by atoms with Gasteiger partial charge in [0.2, 0.25) is 0 Å². The first kappa shape index (κ1) is 41.7. The van der Waals surface area contributed by atoms with Crippen LogP contribution in [0, 0.1) is 0 Å². The molecule has 1 unspecified atom stereocenters. The molecule has 0 heterocycles. The standard InChI is InChI=1S/C13HF25O5S/c14-1(15)2(16)42-12(35,36)9(29,10(30,31)32)43-11(33,34)7(25,26)5(21,22)3(17,18)4(19,20)6(23,24)8(27,28)13(37,38)44(39,40)41/h(H,39,40,41). The van der Waals surface area contributed by atoms with E-state index in [0.717, 1.165) is 4.74 Å². The van der Waals surface area contributed by atoms with E-state index < -0.39 is 87.2 Å². The van der Waals surface area contributed by atoms with E-state index in [1.54, 1.807) is 4.74 Å². The largest absolute Gasteiger partial charge is 0.471 e. The lowest BCUT2D eigenvalue weighted by Crippen LogP contribution is -2.76. The van der Waals surface area contributed by atoms with Crippen LogP contribution in [-0.4, -0.2) is 78.0 Å². The minimum Gasteiger partial charge on any atom is -0.398 e. The highest BCUT2D eigenvalue weighted by Gasteiger charge is 2.97. The zero-order chi connectivity index (χ0) is 36.6. The SMILES string of the molecule is O=S(=O)(O)C(F)(F)C(F)(F)C(F)(F)C(F)(F)C(F)(F)C(F)(F)C(F)(F)C(F)(F)OC(F)(C(F)(F)F)C(F)(F)OC(F)=C(F)F. The van der Waals surface area contributed by atoms with Crippen LogP contribution in [0.2, 0.25) is 0 Å². The Bertz CT molecular complexity index is 1210. The second-order valence-electron chi connectivity index (χ2n) is 7.30. The molecule has 0 aromatic rings. The Hall–Kier alpha value is -2.34. The van der Waals surface area contributed by atoms with Crippen molar-refractivity contribution in [3.8, 4) is 0 Å². The molecule has 0 aromatic heterocycles. The normalized spacial score (nSPS) is 17.3. The first-order valence-electron chi connectivity index (χ1n) is 8.76. The fourth-order valence-corrected chi connectivity index (χ4v) is 2.51. The monoisotopic (exact) mass is 744 g/mol. The Morgan fingerprint density at radius 2 is 0.773 bits per heavy atom. The number of rotatable bonds is 13. The van der Waals surface area contributed by atoms with Gasteiger partial charge in [0.1, 0.15) is 0 Å². The lowest BCUT2D eigenvalue weighted by atomic mass is 9.91. The molecule has 0 amide bonds. The van der Waals surface area contributed by atoms with Crippen LogP contribution in [0.4, 0.5) is 110 Å². The minimum absolute atomic E-state index is 0.936. The number of alkyl halides is 22. The molecule has 31 heteroatoms. The Labute approximate surface area is 220 Å². The Kier molecular flexibility index (Phi) is 10.0. The molecular formula is C13HF25O5S. The Morgan fingerprint density at radius 3 is 1.05 bits per heavy atom. The molecule has 5 nitrogen and oxygen atoms in total. The maximum absolute atomic E-state index is 13.8. The summed E-state index contributed by atoms with van der Waals surface area (Å²) in [5.74, 6) is -64.5. The van der Waals surface area contributed by atoms with Crippen molar-refractivity contribution in [3.05, 3.63) is 12.1 Å². The smallest absolute Gasteiger partial charge is 0.398 e. The summed E-state index contributed by atoms with van der Waals surface area (Å²) in [5.41, 5.74) is 0. The van der Waals surface area contributed by atoms with E-state index in [9.17, 15) is 118 Å². The van der Waals surface area contributed by atoms with Crippen LogP contribution in [-0.2, 0) is 19.6 Å². The lowest BCUT2D eigenvalue weighted by molar-refractivity contribution is -0.536. The third kappa shape index (κ3) is 5.62. The minimum atomic E-state index is -9.57. The van der Waals surface area contributed by atoms with Crippen LogP contribution >= 0.6 is 0 Å². The van der Waals surface area contributed by atoms with Gasteiger partial charge in [-0.2, -0.15) is 118 Å². The molecule has 0 spiro atoms. The Balaban J connectivity index is 7.35. The van der Waals surface area contributed by atoms with E-state index >= 15 is 0 Å².